The van der Waals surface area contributed by atoms with Crippen LogP contribution < -0.4 is 0 Å². The molecule has 4 heteroatoms. The first kappa shape index (κ1) is 15.0. The fourth-order valence-electron chi connectivity index (χ4n) is 5.17. The number of aliphatic hydroxyl groups excluding tert-OH is 2. The number of ether oxygens (including phenoxy) is 2. The van der Waals surface area contributed by atoms with E-state index in [4.69, 9.17) is 9.47 Å². The lowest BCUT2D eigenvalue weighted by molar-refractivity contribution is -0.275. The Kier molecular flexibility index (Phi) is 3.95. The summed E-state index contributed by atoms with van der Waals surface area (Å²) in [6, 6.07) is 0. The number of fused-ring (bicyclic) bond motifs is 2. The quantitative estimate of drug-likeness (QED) is 0.786. The number of allylic oxidation sites excluding steroid dienone is 1. The van der Waals surface area contributed by atoms with Crippen LogP contribution in [0.1, 0.15) is 51.4 Å². The minimum absolute atomic E-state index is 0.120. The Bertz CT molecular complexity index is 434. The first-order chi connectivity index (χ1) is 10.7. The molecular weight excluding hydrogens is 280 g/mol. The molecule has 4 nitrogen and oxygen atoms in total. The molecule has 1 saturated heterocycles. The summed E-state index contributed by atoms with van der Waals surface area (Å²) in [4.78, 5) is 0. The third kappa shape index (κ3) is 2.40. The zero-order chi connectivity index (χ0) is 15.2. The van der Waals surface area contributed by atoms with E-state index >= 15 is 0 Å². The van der Waals surface area contributed by atoms with Crippen molar-refractivity contribution in [1.82, 2.24) is 0 Å². The Labute approximate surface area is 132 Å². The highest BCUT2D eigenvalue weighted by Gasteiger charge is 2.65. The van der Waals surface area contributed by atoms with Crippen LogP contribution in [0.4, 0.5) is 0 Å². The maximum absolute atomic E-state index is 10.5. The van der Waals surface area contributed by atoms with Crippen LogP contribution in [0.5, 0.6) is 0 Å². The van der Waals surface area contributed by atoms with Gasteiger partial charge in [-0.05, 0) is 30.8 Å². The molecule has 1 unspecified atom stereocenters. The standard InChI is InChI=1S/C18H28O4/c19-16(7-6-12-4-2-1-3-5-12)13-10-15-14(17(13)20)11-18(15)21-8-9-22-18/h7,12-15,17,19-20H,1-6,8-11H2/t13-,14+,15-,17?/m0/s1. The summed E-state index contributed by atoms with van der Waals surface area (Å²) in [7, 11) is 0. The zero-order valence-corrected chi connectivity index (χ0v) is 13.2. The van der Waals surface area contributed by atoms with Gasteiger partial charge in [-0.25, -0.2) is 0 Å². The van der Waals surface area contributed by atoms with Gasteiger partial charge in [0.2, 0.25) is 0 Å². The van der Waals surface area contributed by atoms with E-state index in [1.165, 1.54) is 32.1 Å². The first-order valence-corrected chi connectivity index (χ1v) is 9.04. The van der Waals surface area contributed by atoms with E-state index in [0.29, 0.717) is 19.0 Å². The molecular formula is C18H28O4. The van der Waals surface area contributed by atoms with Crippen molar-refractivity contribution < 1.29 is 19.7 Å². The van der Waals surface area contributed by atoms with E-state index in [-0.39, 0.29) is 17.8 Å². The highest BCUT2D eigenvalue weighted by Crippen LogP contribution is 2.60. The van der Waals surface area contributed by atoms with Crippen molar-refractivity contribution in [1.29, 1.82) is 0 Å². The van der Waals surface area contributed by atoms with E-state index in [2.05, 4.69) is 0 Å². The predicted molar refractivity (Wildman–Crippen MR) is 82.2 cm³/mol. The van der Waals surface area contributed by atoms with E-state index in [9.17, 15) is 10.2 Å². The van der Waals surface area contributed by atoms with Crippen molar-refractivity contribution in [3.05, 3.63) is 11.8 Å². The SMILES string of the molecule is OC(=CCC1CCCCC1)[C@@H]1C[C@H]2[C@@H](CC23OCCO3)C1O. The third-order valence-corrected chi connectivity index (χ3v) is 6.50. The minimum Gasteiger partial charge on any atom is -0.512 e. The molecule has 0 aromatic heterocycles. The van der Waals surface area contributed by atoms with Gasteiger partial charge >= 0.3 is 0 Å². The van der Waals surface area contributed by atoms with Crippen LogP contribution >= 0.6 is 0 Å². The Morgan fingerprint density at radius 2 is 1.86 bits per heavy atom. The Morgan fingerprint density at radius 1 is 1.14 bits per heavy atom. The predicted octanol–water partition coefficient (Wildman–Crippen LogP) is 3.16. The monoisotopic (exact) mass is 308 g/mol. The normalized spacial score (nSPS) is 41.6. The second-order valence-electron chi connectivity index (χ2n) is 7.68. The molecule has 1 heterocycles. The molecule has 0 bridgehead atoms. The molecule has 0 aromatic rings. The molecule has 1 aliphatic heterocycles. The van der Waals surface area contributed by atoms with Gasteiger partial charge < -0.3 is 19.7 Å². The summed E-state index contributed by atoms with van der Waals surface area (Å²) < 4.78 is 11.6. The van der Waals surface area contributed by atoms with Gasteiger partial charge in [0.15, 0.2) is 5.79 Å². The third-order valence-electron chi connectivity index (χ3n) is 6.50. The molecule has 4 atom stereocenters. The number of rotatable bonds is 3. The molecule has 4 rings (SSSR count). The van der Waals surface area contributed by atoms with E-state index in [1.54, 1.807) is 0 Å². The molecule has 2 N–H and O–H groups in total. The van der Waals surface area contributed by atoms with Gasteiger partial charge in [0.25, 0.3) is 0 Å². The van der Waals surface area contributed by atoms with Crippen LogP contribution in [0, 0.1) is 23.7 Å². The molecule has 0 aromatic carbocycles. The van der Waals surface area contributed by atoms with E-state index in [0.717, 1.165) is 25.2 Å². The van der Waals surface area contributed by atoms with E-state index < -0.39 is 11.9 Å². The Morgan fingerprint density at radius 3 is 2.59 bits per heavy atom. The highest BCUT2D eigenvalue weighted by atomic mass is 16.7. The zero-order valence-electron chi connectivity index (χ0n) is 13.2. The largest absolute Gasteiger partial charge is 0.512 e. The molecule has 4 aliphatic rings. The maximum atomic E-state index is 10.5. The molecule has 124 valence electrons. The van der Waals surface area contributed by atoms with Gasteiger partial charge in [-0.3, -0.25) is 0 Å². The number of hydrogen-bond donors (Lipinski definition) is 2. The number of hydrogen-bond acceptors (Lipinski definition) is 4. The summed E-state index contributed by atoms with van der Waals surface area (Å²) in [5, 5.41) is 21.0. The van der Waals surface area contributed by atoms with Gasteiger partial charge in [0.05, 0.1) is 25.1 Å². The van der Waals surface area contributed by atoms with Gasteiger partial charge in [-0.1, -0.05) is 32.1 Å². The average Bonchev–Trinajstić information content (AvgIpc) is 3.12. The smallest absolute Gasteiger partial charge is 0.172 e. The van der Waals surface area contributed by atoms with Crippen molar-refractivity contribution in [2.75, 3.05) is 13.2 Å². The molecule has 0 amide bonds. The second kappa shape index (κ2) is 5.81. The lowest BCUT2D eigenvalue weighted by Crippen LogP contribution is -2.54. The first-order valence-electron chi connectivity index (χ1n) is 9.04. The lowest BCUT2D eigenvalue weighted by atomic mass is 9.69. The van der Waals surface area contributed by atoms with Gasteiger partial charge in [0, 0.05) is 18.3 Å². The van der Waals surface area contributed by atoms with Gasteiger partial charge in [-0.15, -0.1) is 0 Å². The molecule has 0 radical (unpaired) electrons. The molecule has 3 saturated carbocycles. The molecule has 3 aliphatic carbocycles. The molecule has 1 spiro atoms. The van der Waals surface area contributed by atoms with Crippen LogP contribution in [0.2, 0.25) is 0 Å². The van der Waals surface area contributed by atoms with Crippen LogP contribution in [0.15, 0.2) is 11.8 Å². The van der Waals surface area contributed by atoms with Gasteiger partial charge in [0.1, 0.15) is 0 Å². The fraction of sp³-hybridized carbons (Fsp3) is 0.889. The van der Waals surface area contributed by atoms with Crippen molar-refractivity contribution in [3.63, 3.8) is 0 Å². The Hall–Kier alpha value is -0.580. The molecule has 4 fully saturated rings. The summed E-state index contributed by atoms with van der Waals surface area (Å²) in [5.41, 5.74) is 0. The lowest BCUT2D eigenvalue weighted by Gasteiger charge is -2.48. The highest BCUT2D eigenvalue weighted by molar-refractivity contribution is 5.15. The molecule has 22 heavy (non-hydrogen) atoms. The topological polar surface area (TPSA) is 58.9 Å². The number of aliphatic hydroxyl groups is 2. The average molecular weight is 308 g/mol. The second-order valence-corrected chi connectivity index (χ2v) is 7.68. The van der Waals surface area contributed by atoms with Crippen LogP contribution in [-0.2, 0) is 9.47 Å². The Balaban J connectivity index is 1.38. The minimum atomic E-state index is -0.440. The maximum Gasteiger partial charge on any atom is 0.172 e. The van der Waals surface area contributed by atoms with Gasteiger partial charge in [-0.2, -0.15) is 0 Å². The van der Waals surface area contributed by atoms with Crippen molar-refractivity contribution in [2.45, 2.75) is 63.3 Å². The van der Waals surface area contributed by atoms with Crippen molar-refractivity contribution >= 4 is 0 Å². The van der Waals surface area contributed by atoms with Crippen LogP contribution in [-0.4, -0.2) is 35.3 Å². The summed E-state index contributed by atoms with van der Waals surface area (Å²) >= 11 is 0. The van der Waals surface area contributed by atoms with Crippen LogP contribution in [0.3, 0.4) is 0 Å². The van der Waals surface area contributed by atoms with Crippen molar-refractivity contribution in [3.8, 4) is 0 Å². The van der Waals surface area contributed by atoms with E-state index in [1.807, 2.05) is 6.08 Å². The fourth-order valence-corrected chi connectivity index (χ4v) is 5.17. The van der Waals surface area contributed by atoms with Crippen LogP contribution in [0.25, 0.3) is 0 Å². The summed E-state index contributed by atoms with van der Waals surface area (Å²) in [6.07, 6.45) is 10.7. The van der Waals surface area contributed by atoms with Crippen molar-refractivity contribution in [2.24, 2.45) is 23.7 Å². The summed E-state index contributed by atoms with van der Waals surface area (Å²) in [5.74, 6) is 1.04. The summed E-state index contributed by atoms with van der Waals surface area (Å²) in [6.45, 7) is 1.32.